The van der Waals surface area contributed by atoms with Crippen molar-refractivity contribution in [1.82, 2.24) is 0 Å². The smallest absolute Gasteiger partial charge is 0.0464 e. The molecule has 1 heteroatoms. The predicted molar refractivity (Wildman–Crippen MR) is 38.1 cm³/mol. The Bertz CT molecular complexity index is 107. The molecule has 2 atom stereocenters. The summed E-state index contributed by atoms with van der Waals surface area (Å²) in [6, 6.07) is 0. The first-order chi connectivity index (χ1) is 4.34. The minimum absolute atomic E-state index is 0.353. The molecule has 1 aliphatic carbocycles. The number of rotatable bonds is 1. The molecule has 0 aliphatic heterocycles. The number of aliphatic hydroxyl groups excluding tert-OH is 1. The van der Waals surface area contributed by atoms with Gasteiger partial charge in [-0.15, -0.1) is 0 Å². The molecule has 1 rings (SSSR count). The van der Waals surface area contributed by atoms with E-state index in [1.54, 1.807) is 0 Å². The van der Waals surface area contributed by atoms with E-state index in [1.165, 1.54) is 0 Å². The van der Waals surface area contributed by atoms with Crippen LogP contribution in [0.15, 0.2) is 12.2 Å². The summed E-state index contributed by atoms with van der Waals surface area (Å²) in [6.07, 6.45) is 6.58. The predicted octanol–water partition coefficient (Wildman–Crippen LogP) is 1.58. The van der Waals surface area contributed by atoms with Crippen LogP contribution in [-0.4, -0.2) is 11.7 Å². The maximum Gasteiger partial charge on any atom is 0.0464 e. The molecule has 0 radical (unpaired) electrons. The minimum Gasteiger partial charge on any atom is -0.396 e. The van der Waals surface area contributed by atoms with Gasteiger partial charge in [0.25, 0.3) is 0 Å². The molecule has 1 nitrogen and oxygen atoms in total. The van der Waals surface area contributed by atoms with Crippen LogP contribution in [0.3, 0.4) is 0 Å². The normalized spacial score (nSPS) is 34.9. The molecule has 0 heterocycles. The summed E-state index contributed by atoms with van der Waals surface area (Å²) in [7, 11) is 0. The molecule has 0 spiro atoms. The van der Waals surface area contributed by atoms with Crippen molar-refractivity contribution in [3.8, 4) is 0 Å². The molecule has 1 aliphatic rings. The van der Waals surface area contributed by atoms with Crippen LogP contribution in [-0.2, 0) is 0 Å². The fourth-order valence-electron chi connectivity index (χ4n) is 1.26. The van der Waals surface area contributed by atoms with Crippen LogP contribution in [0.5, 0.6) is 0 Å². The summed E-state index contributed by atoms with van der Waals surface area (Å²) in [5, 5.41) is 8.83. The second-order valence-electron chi connectivity index (χ2n) is 2.86. The highest BCUT2D eigenvalue weighted by Crippen LogP contribution is 2.23. The van der Waals surface area contributed by atoms with Crippen molar-refractivity contribution in [1.29, 1.82) is 0 Å². The van der Waals surface area contributed by atoms with E-state index in [-0.39, 0.29) is 0 Å². The topological polar surface area (TPSA) is 20.2 Å². The van der Waals surface area contributed by atoms with Crippen molar-refractivity contribution < 1.29 is 5.11 Å². The molecule has 0 bridgehead atoms. The molecule has 0 saturated carbocycles. The highest BCUT2D eigenvalue weighted by atomic mass is 16.3. The number of hydrogen-bond acceptors (Lipinski definition) is 1. The molecule has 0 unspecified atom stereocenters. The Labute approximate surface area is 56.4 Å². The molecule has 9 heavy (non-hydrogen) atoms. The van der Waals surface area contributed by atoms with Crippen LogP contribution in [0, 0.1) is 11.8 Å². The van der Waals surface area contributed by atoms with Gasteiger partial charge in [0, 0.05) is 6.61 Å². The molecule has 0 amide bonds. The van der Waals surface area contributed by atoms with Crippen molar-refractivity contribution in [2.24, 2.45) is 11.8 Å². The highest BCUT2D eigenvalue weighted by Gasteiger charge is 2.16. The number of allylic oxidation sites excluding steroid dienone is 2. The average Bonchev–Trinajstić information content (AvgIpc) is 1.89. The number of aliphatic hydroxyl groups is 1. The summed E-state index contributed by atoms with van der Waals surface area (Å²) in [4.78, 5) is 0. The van der Waals surface area contributed by atoms with E-state index in [0.717, 1.165) is 12.8 Å². The lowest BCUT2D eigenvalue weighted by atomic mass is 9.85. The third-order valence-corrected chi connectivity index (χ3v) is 2.15. The Hall–Kier alpha value is -0.300. The maximum atomic E-state index is 8.83. The standard InChI is InChI=1S/C8H14O/c1-7-4-2-3-5-8(7)6-9/h2-3,7-9H,4-6H2,1H3/t7-,8+/m1/s1. The van der Waals surface area contributed by atoms with E-state index in [9.17, 15) is 0 Å². The second kappa shape index (κ2) is 3.02. The first-order valence-electron chi connectivity index (χ1n) is 3.60. The van der Waals surface area contributed by atoms with Crippen LogP contribution in [0.2, 0.25) is 0 Å². The van der Waals surface area contributed by atoms with Gasteiger partial charge < -0.3 is 5.11 Å². The van der Waals surface area contributed by atoms with Crippen LogP contribution in [0.25, 0.3) is 0 Å². The average molecular weight is 126 g/mol. The van der Waals surface area contributed by atoms with Crippen LogP contribution < -0.4 is 0 Å². The minimum atomic E-state index is 0.353. The Kier molecular flexibility index (Phi) is 2.29. The Morgan fingerprint density at radius 2 is 2.11 bits per heavy atom. The highest BCUT2D eigenvalue weighted by molar-refractivity contribution is 4.92. The zero-order valence-corrected chi connectivity index (χ0v) is 5.88. The van der Waals surface area contributed by atoms with E-state index in [2.05, 4.69) is 19.1 Å². The lowest BCUT2D eigenvalue weighted by Crippen LogP contribution is -2.16. The third-order valence-electron chi connectivity index (χ3n) is 2.15. The van der Waals surface area contributed by atoms with Gasteiger partial charge in [-0.25, -0.2) is 0 Å². The van der Waals surface area contributed by atoms with Crippen LogP contribution in [0.4, 0.5) is 0 Å². The van der Waals surface area contributed by atoms with Gasteiger partial charge in [-0.1, -0.05) is 19.1 Å². The van der Waals surface area contributed by atoms with Gasteiger partial charge in [-0.05, 0) is 24.7 Å². The van der Waals surface area contributed by atoms with E-state index in [4.69, 9.17) is 5.11 Å². The first-order valence-corrected chi connectivity index (χ1v) is 3.60. The molecule has 0 saturated heterocycles. The maximum absolute atomic E-state index is 8.83. The molecule has 0 fully saturated rings. The van der Waals surface area contributed by atoms with Crippen LogP contribution >= 0.6 is 0 Å². The lowest BCUT2D eigenvalue weighted by Gasteiger charge is -2.22. The van der Waals surface area contributed by atoms with Gasteiger partial charge >= 0.3 is 0 Å². The van der Waals surface area contributed by atoms with E-state index < -0.39 is 0 Å². The van der Waals surface area contributed by atoms with Crippen LogP contribution in [0.1, 0.15) is 19.8 Å². The summed E-state index contributed by atoms with van der Waals surface area (Å²) < 4.78 is 0. The van der Waals surface area contributed by atoms with Crippen molar-refractivity contribution in [3.63, 3.8) is 0 Å². The summed E-state index contributed by atoms with van der Waals surface area (Å²) in [6.45, 7) is 2.55. The van der Waals surface area contributed by atoms with Gasteiger partial charge in [0.2, 0.25) is 0 Å². The summed E-state index contributed by atoms with van der Waals surface area (Å²) in [5.41, 5.74) is 0. The lowest BCUT2D eigenvalue weighted by molar-refractivity contribution is 0.180. The largest absolute Gasteiger partial charge is 0.396 e. The number of hydrogen-bond donors (Lipinski definition) is 1. The van der Waals surface area contributed by atoms with E-state index in [0.29, 0.717) is 18.4 Å². The summed E-state index contributed by atoms with van der Waals surface area (Å²) >= 11 is 0. The van der Waals surface area contributed by atoms with Crippen molar-refractivity contribution in [2.45, 2.75) is 19.8 Å². The van der Waals surface area contributed by atoms with Gasteiger partial charge in [-0.2, -0.15) is 0 Å². The molecular weight excluding hydrogens is 112 g/mol. The van der Waals surface area contributed by atoms with Crippen molar-refractivity contribution in [2.75, 3.05) is 6.61 Å². The Morgan fingerprint density at radius 3 is 2.56 bits per heavy atom. The molecule has 52 valence electrons. The quantitative estimate of drug-likeness (QED) is 0.529. The van der Waals surface area contributed by atoms with E-state index in [1.807, 2.05) is 0 Å². The zero-order chi connectivity index (χ0) is 6.69. The fraction of sp³-hybridized carbons (Fsp3) is 0.750. The third kappa shape index (κ3) is 1.55. The molecule has 1 N–H and O–H groups in total. The van der Waals surface area contributed by atoms with Gasteiger partial charge in [0.15, 0.2) is 0 Å². The molecule has 0 aromatic heterocycles. The zero-order valence-electron chi connectivity index (χ0n) is 5.88. The Balaban J connectivity index is 2.43. The summed E-state index contributed by atoms with van der Waals surface area (Å²) in [5.74, 6) is 1.20. The Morgan fingerprint density at radius 1 is 1.44 bits per heavy atom. The van der Waals surface area contributed by atoms with E-state index >= 15 is 0 Å². The monoisotopic (exact) mass is 126 g/mol. The molecular formula is C8H14O. The second-order valence-corrected chi connectivity index (χ2v) is 2.86. The first kappa shape index (κ1) is 6.81. The molecule has 0 aromatic carbocycles. The van der Waals surface area contributed by atoms with Crippen molar-refractivity contribution >= 4 is 0 Å². The fourth-order valence-corrected chi connectivity index (χ4v) is 1.26. The van der Waals surface area contributed by atoms with Gasteiger partial charge in [0.1, 0.15) is 0 Å². The molecule has 0 aromatic rings. The van der Waals surface area contributed by atoms with Gasteiger partial charge in [-0.3, -0.25) is 0 Å². The van der Waals surface area contributed by atoms with Crippen molar-refractivity contribution in [3.05, 3.63) is 12.2 Å². The SMILES string of the molecule is C[C@@H]1CC=CC[C@H]1CO. The van der Waals surface area contributed by atoms with Gasteiger partial charge in [0.05, 0.1) is 0 Å².